The van der Waals surface area contributed by atoms with E-state index in [0.29, 0.717) is 0 Å². The topological polar surface area (TPSA) is 12.4 Å². The number of aliphatic imine (C=N–C) groups is 1. The summed E-state index contributed by atoms with van der Waals surface area (Å²) in [5, 5.41) is 2.37. The third kappa shape index (κ3) is 4.08. The normalized spacial score (nSPS) is 8.60. The molecule has 76 valence electrons. The zero-order valence-corrected chi connectivity index (χ0v) is 9.60. The SMILES string of the molecule is CCCCC#Cc1ccccc1N=C=S. The molecule has 0 amide bonds. The zero-order chi connectivity index (χ0) is 10.9. The van der Waals surface area contributed by atoms with Gasteiger partial charge in [0.2, 0.25) is 0 Å². The van der Waals surface area contributed by atoms with Crippen LogP contribution in [0.15, 0.2) is 29.3 Å². The molecule has 1 rings (SSSR count). The molecule has 0 spiro atoms. The largest absolute Gasteiger partial charge is 0.193 e. The van der Waals surface area contributed by atoms with Crippen molar-refractivity contribution in [3.8, 4) is 11.8 Å². The van der Waals surface area contributed by atoms with Crippen LogP contribution in [0.1, 0.15) is 31.7 Å². The molecule has 0 aliphatic heterocycles. The lowest BCUT2D eigenvalue weighted by Gasteiger charge is -1.94. The highest BCUT2D eigenvalue weighted by molar-refractivity contribution is 7.78. The average Bonchev–Trinajstić information content (AvgIpc) is 2.27. The van der Waals surface area contributed by atoms with Crippen molar-refractivity contribution < 1.29 is 0 Å². The fourth-order valence-corrected chi connectivity index (χ4v) is 1.25. The molecule has 0 unspecified atom stereocenters. The summed E-state index contributed by atoms with van der Waals surface area (Å²) in [4.78, 5) is 3.97. The van der Waals surface area contributed by atoms with E-state index in [-0.39, 0.29) is 0 Å². The van der Waals surface area contributed by atoms with Gasteiger partial charge in [-0.15, -0.1) is 0 Å². The van der Waals surface area contributed by atoms with Gasteiger partial charge in [0.25, 0.3) is 0 Å². The van der Waals surface area contributed by atoms with E-state index in [0.717, 1.165) is 24.1 Å². The molecular formula is C13H13NS. The Labute approximate surface area is 96.2 Å². The van der Waals surface area contributed by atoms with Gasteiger partial charge in [-0.05, 0) is 30.8 Å². The molecule has 0 heterocycles. The maximum Gasteiger partial charge on any atom is 0.0895 e. The number of hydrogen-bond donors (Lipinski definition) is 0. The minimum atomic E-state index is 0.802. The molecule has 0 radical (unpaired) electrons. The van der Waals surface area contributed by atoms with E-state index in [9.17, 15) is 0 Å². The van der Waals surface area contributed by atoms with Gasteiger partial charge in [0, 0.05) is 6.42 Å². The third-order valence-corrected chi connectivity index (χ3v) is 2.04. The molecule has 0 aliphatic rings. The number of benzene rings is 1. The first kappa shape index (κ1) is 11.7. The summed E-state index contributed by atoms with van der Waals surface area (Å²) in [6, 6.07) is 7.71. The van der Waals surface area contributed by atoms with Gasteiger partial charge in [0.05, 0.1) is 16.4 Å². The Bertz CT molecular complexity index is 420. The van der Waals surface area contributed by atoms with E-state index >= 15 is 0 Å². The molecule has 0 aromatic heterocycles. The quantitative estimate of drug-likeness (QED) is 0.322. The molecule has 0 saturated carbocycles. The lowest BCUT2D eigenvalue weighted by Crippen LogP contribution is -1.75. The van der Waals surface area contributed by atoms with Crippen molar-refractivity contribution >= 4 is 23.1 Å². The van der Waals surface area contributed by atoms with Crippen LogP contribution in [0.3, 0.4) is 0 Å². The average molecular weight is 215 g/mol. The van der Waals surface area contributed by atoms with Crippen molar-refractivity contribution in [3.63, 3.8) is 0 Å². The Morgan fingerprint density at radius 3 is 2.87 bits per heavy atom. The van der Waals surface area contributed by atoms with Crippen LogP contribution in [0, 0.1) is 11.8 Å². The summed E-state index contributed by atoms with van der Waals surface area (Å²) in [5.74, 6) is 6.23. The van der Waals surface area contributed by atoms with Crippen LogP contribution in [0.2, 0.25) is 0 Å². The fourth-order valence-electron chi connectivity index (χ4n) is 1.15. The molecule has 0 aliphatic carbocycles. The minimum Gasteiger partial charge on any atom is -0.193 e. The zero-order valence-electron chi connectivity index (χ0n) is 8.79. The smallest absolute Gasteiger partial charge is 0.0895 e. The second-order valence-electron chi connectivity index (χ2n) is 3.13. The van der Waals surface area contributed by atoms with Gasteiger partial charge in [0.1, 0.15) is 0 Å². The number of unbranched alkanes of at least 4 members (excludes halogenated alkanes) is 2. The highest BCUT2D eigenvalue weighted by Gasteiger charge is 1.94. The van der Waals surface area contributed by atoms with Crippen LogP contribution in [-0.4, -0.2) is 5.16 Å². The second kappa shape index (κ2) is 6.95. The van der Waals surface area contributed by atoms with Crippen molar-refractivity contribution in [1.29, 1.82) is 0 Å². The molecule has 0 fully saturated rings. The van der Waals surface area contributed by atoms with Crippen molar-refractivity contribution in [2.45, 2.75) is 26.2 Å². The van der Waals surface area contributed by atoms with Crippen LogP contribution < -0.4 is 0 Å². The summed E-state index contributed by atoms with van der Waals surface area (Å²) in [5.41, 5.74) is 1.72. The summed E-state index contributed by atoms with van der Waals surface area (Å²) >= 11 is 4.58. The molecular weight excluding hydrogens is 202 g/mol. The Morgan fingerprint density at radius 1 is 1.33 bits per heavy atom. The first-order chi connectivity index (χ1) is 7.38. The van der Waals surface area contributed by atoms with E-state index in [1.807, 2.05) is 24.3 Å². The molecule has 0 N–H and O–H groups in total. The molecule has 15 heavy (non-hydrogen) atoms. The summed E-state index contributed by atoms with van der Waals surface area (Å²) in [7, 11) is 0. The van der Waals surface area contributed by atoms with Crippen LogP contribution >= 0.6 is 12.2 Å². The summed E-state index contributed by atoms with van der Waals surface area (Å²) in [6.07, 6.45) is 3.26. The molecule has 2 heteroatoms. The summed E-state index contributed by atoms with van der Waals surface area (Å²) < 4.78 is 0. The molecule has 0 atom stereocenters. The number of hydrogen-bond acceptors (Lipinski definition) is 2. The molecule has 1 nitrogen and oxygen atoms in total. The number of isothiocyanates is 1. The predicted octanol–water partition coefficient (Wildman–Crippen LogP) is 3.96. The standard InChI is InChI=1S/C13H13NS/c1-2-3-4-5-8-12-9-6-7-10-13(12)14-11-15/h6-7,9-10H,2-4H2,1H3. The van der Waals surface area contributed by atoms with Gasteiger partial charge in [0.15, 0.2) is 0 Å². The number of thiocarbonyl (C=S) groups is 1. The number of para-hydroxylation sites is 1. The van der Waals surface area contributed by atoms with Gasteiger partial charge < -0.3 is 0 Å². The second-order valence-corrected chi connectivity index (χ2v) is 3.31. The van der Waals surface area contributed by atoms with E-state index in [1.54, 1.807) is 0 Å². The van der Waals surface area contributed by atoms with Crippen LogP contribution in [0.5, 0.6) is 0 Å². The first-order valence-corrected chi connectivity index (χ1v) is 5.45. The van der Waals surface area contributed by atoms with E-state index in [2.05, 4.69) is 41.1 Å². The molecule has 1 aromatic carbocycles. The van der Waals surface area contributed by atoms with E-state index in [4.69, 9.17) is 0 Å². The van der Waals surface area contributed by atoms with Crippen molar-refractivity contribution in [2.24, 2.45) is 4.99 Å². The van der Waals surface area contributed by atoms with Gasteiger partial charge in [-0.25, -0.2) is 0 Å². The van der Waals surface area contributed by atoms with Crippen molar-refractivity contribution in [3.05, 3.63) is 29.8 Å². The first-order valence-electron chi connectivity index (χ1n) is 5.04. The maximum atomic E-state index is 4.58. The van der Waals surface area contributed by atoms with E-state index < -0.39 is 0 Å². The highest BCUT2D eigenvalue weighted by atomic mass is 32.1. The monoisotopic (exact) mass is 215 g/mol. The number of rotatable bonds is 3. The van der Waals surface area contributed by atoms with Crippen LogP contribution in [0.25, 0.3) is 0 Å². The maximum absolute atomic E-state index is 4.58. The van der Waals surface area contributed by atoms with Crippen LogP contribution in [-0.2, 0) is 0 Å². The highest BCUT2D eigenvalue weighted by Crippen LogP contribution is 2.16. The number of nitrogens with zero attached hydrogens (tertiary/aromatic N) is 1. The lowest BCUT2D eigenvalue weighted by atomic mass is 10.1. The Balaban J connectivity index is 2.82. The van der Waals surface area contributed by atoms with Gasteiger partial charge in [-0.1, -0.05) is 37.3 Å². The lowest BCUT2D eigenvalue weighted by molar-refractivity contribution is 0.828. The van der Waals surface area contributed by atoms with Gasteiger partial charge >= 0.3 is 0 Å². The minimum absolute atomic E-state index is 0.802. The molecule has 0 bridgehead atoms. The third-order valence-electron chi connectivity index (χ3n) is 1.95. The van der Waals surface area contributed by atoms with Gasteiger partial charge in [-0.2, -0.15) is 4.99 Å². The van der Waals surface area contributed by atoms with E-state index in [1.165, 1.54) is 6.42 Å². The van der Waals surface area contributed by atoms with Gasteiger partial charge in [-0.3, -0.25) is 0 Å². The summed E-state index contributed by atoms with van der Waals surface area (Å²) in [6.45, 7) is 2.16. The van der Waals surface area contributed by atoms with Crippen LogP contribution in [0.4, 0.5) is 5.69 Å². The Kier molecular flexibility index (Phi) is 5.40. The predicted molar refractivity (Wildman–Crippen MR) is 67.5 cm³/mol. The van der Waals surface area contributed by atoms with Crippen molar-refractivity contribution in [2.75, 3.05) is 0 Å². The molecule has 1 aromatic rings. The molecule has 0 saturated heterocycles. The fraction of sp³-hybridized carbons (Fsp3) is 0.308. The Hall–Kier alpha value is -1.42. The van der Waals surface area contributed by atoms with Crippen molar-refractivity contribution in [1.82, 2.24) is 0 Å². The Morgan fingerprint density at radius 2 is 2.13 bits per heavy atom.